The van der Waals surface area contributed by atoms with Crippen molar-refractivity contribution in [2.24, 2.45) is 5.92 Å². The minimum atomic E-state index is -3.87. The fourth-order valence-corrected chi connectivity index (χ4v) is 4.20. The van der Waals surface area contributed by atoms with Crippen LogP contribution in [0.15, 0.2) is 34.1 Å². The maximum Gasteiger partial charge on any atom is 0.315 e. The smallest absolute Gasteiger partial charge is 0.315 e. The number of carbonyl (C=O) groups excluding carboxylic acids is 1. The van der Waals surface area contributed by atoms with Crippen molar-refractivity contribution in [1.29, 1.82) is 0 Å². The first-order valence-corrected chi connectivity index (χ1v) is 10.1. The molecular weight excluding hydrogens is 352 g/mol. The van der Waals surface area contributed by atoms with Crippen LogP contribution in [0.3, 0.4) is 0 Å². The highest BCUT2D eigenvalue weighted by atomic mass is 32.2. The molecule has 1 aliphatic carbocycles. The van der Waals surface area contributed by atoms with Crippen LogP contribution < -0.4 is 4.74 Å². The minimum absolute atomic E-state index is 0.00692. The average molecular weight is 376 g/mol. The van der Waals surface area contributed by atoms with Gasteiger partial charge in [-0.15, -0.1) is 0 Å². The summed E-state index contributed by atoms with van der Waals surface area (Å²) in [5, 5.41) is 4.38. The van der Waals surface area contributed by atoms with Gasteiger partial charge >= 0.3 is 5.97 Å². The van der Waals surface area contributed by atoms with E-state index < -0.39 is 21.3 Å². The molecule has 0 N–H and O–H groups in total. The second kappa shape index (κ2) is 6.23. The Hall–Kier alpha value is -2.15. The molecule has 1 heterocycles. The molecule has 1 aromatic heterocycles. The number of aryl methyl sites for hydroxylation is 2. The van der Waals surface area contributed by atoms with Crippen LogP contribution in [0.4, 0.5) is 0 Å². The van der Waals surface area contributed by atoms with E-state index in [0.717, 1.165) is 18.4 Å². The van der Waals surface area contributed by atoms with E-state index in [0.29, 0.717) is 5.69 Å². The normalized spacial score (nSPS) is 15.1. The number of esters is 1. The summed E-state index contributed by atoms with van der Waals surface area (Å²) in [6, 6.07) is 6.61. The molecule has 6 nitrogen and oxygen atoms in total. The molecule has 0 aliphatic heterocycles. The van der Waals surface area contributed by atoms with Crippen molar-refractivity contribution in [3.8, 4) is 5.88 Å². The Labute approximate surface area is 154 Å². The molecule has 1 fully saturated rings. The molecule has 140 valence electrons. The van der Waals surface area contributed by atoms with Crippen LogP contribution in [0.1, 0.15) is 44.9 Å². The predicted molar refractivity (Wildman–Crippen MR) is 96.9 cm³/mol. The fourth-order valence-electron chi connectivity index (χ4n) is 2.68. The van der Waals surface area contributed by atoms with Crippen LogP contribution in [0.25, 0.3) is 0 Å². The fraction of sp³-hybridized carbons (Fsp3) is 0.474. The summed E-state index contributed by atoms with van der Waals surface area (Å²) in [6.45, 7) is 9.17. The third-order valence-electron chi connectivity index (χ3n) is 4.31. The van der Waals surface area contributed by atoms with Gasteiger partial charge in [0.1, 0.15) is 0 Å². The van der Waals surface area contributed by atoms with E-state index in [1.165, 1.54) is 4.68 Å². The van der Waals surface area contributed by atoms with Gasteiger partial charge in [-0.05, 0) is 59.6 Å². The van der Waals surface area contributed by atoms with E-state index in [1.54, 1.807) is 31.2 Å². The molecule has 26 heavy (non-hydrogen) atoms. The topological polar surface area (TPSA) is 78.3 Å². The van der Waals surface area contributed by atoms with Crippen molar-refractivity contribution in [3.05, 3.63) is 35.5 Å². The zero-order valence-corrected chi connectivity index (χ0v) is 16.6. The number of nitrogens with zero attached hydrogens (tertiary/aromatic N) is 2. The second-order valence-electron chi connectivity index (χ2n) is 7.81. The number of ether oxygens (including phenoxy) is 1. The lowest BCUT2D eigenvalue weighted by Crippen LogP contribution is -2.26. The van der Waals surface area contributed by atoms with E-state index in [4.69, 9.17) is 4.74 Å². The molecule has 0 bridgehead atoms. The highest BCUT2D eigenvalue weighted by Gasteiger charge is 2.38. The van der Waals surface area contributed by atoms with Crippen LogP contribution in [0, 0.1) is 19.8 Å². The Balaban J connectivity index is 2.17. The van der Waals surface area contributed by atoms with Crippen molar-refractivity contribution in [1.82, 2.24) is 9.78 Å². The van der Waals surface area contributed by atoms with Crippen molar-refractivity contribution < 1.29 is 17.9 Å². The number of hydrogen-bond donors (Lipinski definition) is 0. The molecule has 0 radical (unpaired) electrons. The zero-order valence-electron chi connectivity index (χ0n) is 15.7. The van der Waals surface area contributed by atoms with Gasteiger partial charge in [-0.3, -0.25) is 4.79 Å². The molecule has 0 unspecified atom stereocenters. The van der Waals surface area contributed by atoms with E-state index in [-0.39, 0.29) is 21.6 Å². The van der Waals surface area contributed by atoms with E-state index in [9.17, 15) is 13.2 Å². The lowest BCUT2D eigenvalue weighted by atomic mass is 10.1. The summed E-state index contributed by atoms with van der Waals surface area (Å²) in [7, 11) is -3.87. The first-order valence-electron chi connectivity index (χ1n) is 8.65. The lowest BCUT2D eigenvalue weighted by molar-refractivity contribution is -0.136. The van der Waals surface area contributed by atoms with Crippen LogP contribution in [0.5, 0.6) is 5.88 Å². The summed E-state index contributed by atoms with van der Waals surface area (Å²) in [4.78, 5) is 12.4. The van der Waals surface area contributed by atoms with E-state index in [1.807, 2.05) is 27.7 Å². The number of rotatable bonds is 4. The third kappa shape index (κ3) is 3.40. The molecule has 3 rings (SSSR count). The lowest BCUT2D eigenvalue weighted by Gasteiger charge is -2.22. The van der Waals surface area contributed by atoms with Crippen LogP contribution in [0.2, 0.25) is 0 Å². The number of aromatic nitrogens is 2. The highest BCUT2D eigenvalue weighted by Crippen LogP contribution is 2.38. The van der Waals surface area contributed by atoms with Gasteiger partial charge < -0.3 is 4.74 Å². The maximum atomic E-state index is 13.2. The van der Waals surface area contributed by atoms with Gasteiger partial charge in [0, 0.05) is 0 Å². The van der Waals surface area contributed by atoms with Gasteiger partial charge in [0.05, 0.1) is 22.0 Å². The second-order valence-corrected chi connectivity index (χ2v) is 9.70. The van der Waals surface area contributed by atoms with Crippen LogP contribution >= 0.6 is 0 Å². The van der Waals surface area contributed by atoms with Gasteiger partial charge in [-0.1, -0.05) is 17.7 Å². The van der Waals surface area contributed by atoms with Gasteiger partial charge in [0.25, 0.3) is 0 Å². The standard InChI is InChI=1S/C19H24N2O4S/c1-12-6-10-15(11-7-12)26(23,24)16-13(2)20-21(19(3,4)5)17(16)25-18(22)14-8-9-14/h6-7,10-11,14H,8-9H2,1-5H3. The summed E-state index contributed by atoms with van der Waals surface area (Å²) < 4.78 is 33.6. The summed E-state index contributed by atoms with van der Waals surface area (Å²) in [5.41, 5.74) is 0.746. The van der Waals surface area contributed by atoms with Crippen LogP contribution in [-0.4, -0.2) is 24.2 Å². The summed E-state index contributed by atoms with van der Waals surface area (Å²) in [6.07, 6.45) is 1.56. The molecule has 1 aliphatic rings. The highest BCUT2D eigenvalue weighted by molar-refractivity contribution is 7.91. The van der Waals surface area contributed by atoms with Crippen molar-refractivity contribution in [3.63, 3.8) is 0 Å². The molecule has 1 aromatic carbocycles. The first-order chi connectivity index (χ1) is 12.0. The number of carbonyl (C=O) groups is 1. The molecule has 2 aromatic rings. The Bertz CT molecular complexity index is 947. The van der Waals surface area contributed by atoms with Crippen LogP contribution in [-0.2, 0) is 20.2 Å². The molecule has 0 atom stereocenters. The Morgan fingerprint density at radius 3 is 2.23 bits per heavy atom. The average Bonchev–Trinajstić information content (AvgIpc) is 3.31. The van der Waals surface area contributed by atoms with E-state index in [2.05, 4.69) is 5.10 Å². The largest absolute Gasteiger partial charge is 0.406 e. The molecular formula is C19H24N2O4S. The predicted octanol–water partition coefficient (Wildman–Crippen LogP) is 3.40. The zero-order chi connectivity index (χ0) is 19.3. The number of hydrogen-bond acceptors (Lipinski definition) is 5. The van der Waals surface area contributed by atoms with Gasteiger partial charge in [0.2, 0.25) is 15.7 Å². The third-order valence-corrected chi connectivity index (χ3v) is 6.21. The van der Waals surface area contributed by atoms with Gasteiger partial charge in [-0.25, -0.2) is 13.1 Å². The van der Waals surface area contributed by atoms with Gasteiger partial charge in [0.15, 0.2) is 4.90 Å². The van der Waals surface area contributed by atoms with Crippen molar-refractivity contribution in [2.75, 3.05) is 0 Å². The molecule has 1 saturated carbocycles. The molecule has 0 saturated heterocycles. The quantitative estimate of drug-likeness (QED) is 0.764. The Kier molecular flexibility index (Phi) is 4.46. The molecule has 0 amide bonds. The van der Waals surface area contributed by atoms with Gasteiger partial charge in [-0.2, -0.15) is 5.10 Å². The Morgan fingerprint density at radius 1 is 1.15 bits per heavy atom. The minimum Gasteiger partial charge on any atom is -0.406 e. The SMILES string of the molecule is Cc1ccc(S(=O)(=O)c2c(C)nn(C(C)(C)C)c2OC(=O)C2CC2)cc1. The van der Waals surface area contributed by atoms with Crippen molar-refractivity contribution >= 4 is 15.8 Å². The molecule has 7 heteroatoms. The number of benzene rings is 1. The molecule has 0 spiro atoms. The first kappa shape index (κ1) is 18.6. The number of sulfone groups is 1. The monoisotopic (exact) mass is 376 g/mol. The Morgan fingerprint density at radius 2 is 1.73 bits per heavy atom. The van der Waals surface area contributed by atoms with Crippen molar-refractivity contribution in [2.45, 2.75) is 62.8 Å². The summed E-state index contributed by atoms with van der Waals surface area (Å²) >= 11 is 0. The maximum absolute atomic E-state index is 13.2. The van der Waals surface area contributed by atoms with E-state index >= 15 is 0 Å². The summed E-state index contributed by atoms with van der Waals surface area (Å²) in [5.74, 6) is -0.531.